The van der Waals surface area contributed by atoms with Crippen LogP contribution in [0.25, 0.3) is 0 Å². The number of H-pyrrole nitrogens is 1. The van der Waals surface area contributed by atoms with Crippen LogP contribution in [0.2, 0.25) is 0 Å². The Hall–Kier alpha value is -0.700. The Morgan fingerprint density at radius 1 is 1.33 bits per heavy atom. The normalized spacial score (nSPS) is 18.8. The van der Waals surface area contributed by atoms with Gasteiger partial charge in [0.25, 0.3) is 10.0 Å². The van der Waals surface area contributed by atoms with Gasteiger partial charge in [-0.25, -0.2) is 13.1 Å². The topological polar surface area (TPSA) is 82.3 Å². The lowest BCUT2D eigenvalue weighted by Gasteiger charge is -2.29. The van der Waals surface area contributed by atoms with Crippen LogP contribution in [0.4, 0.5) is 0 Å². The molecule has 1 unspecified atom stereocenters. The minimum absolute atomic E-state index is 0.0951. The van der Waals surface area contributed by atoms with E-state index in [9.17, 15) is 13.2 Å². The van der Waals surface area contributed by atoms with Gasteiger partial charge in [0.1, 0.15) is 0 Å². The first-order valence-corrected chi connectivity index (χ1v) is 9.60. The van der Waals surface area contributed by atoms with Crippen LogP contribution < -0.4 is 9.60 Å². The lowest BCUT2D eigenvalue weighted by atomic mass is 10.1. The van der Waals surface area contributed by atoms with Gasteiger partial charge >= 0.3 is 4.87 Å². The summed E-state index contributed by atoms with van der Waals surface area (Å²) in [7, 11) is -3.59. The predicted molar refractivity (Wildman–Crippen MR) is 84.3 cm³/mol. The highest BCUT2D eigenvalue weighted by molar-refractivity contribution is 7.91. The maximum atomic E-state index is 12.2. The van der Waals surface area contributed by atoms with Crippen molar-refractivity contribution in [2.45, 2.75) is 37.3 Å². The number of aryl methyl sites for hydroxylation is 1. The Balaban J connectivity index is 1.89. The number of aromatic amines is 1. The smallest absolute Gasteiger partial charge is 0.305 e. The van der Waals surface area contributed by atoms with Crippen LogP contribution in [0.1, 0.15) is 31.9 Å². The monoisotopic (exact) mass is 333 g/mol. The Morgan fingerprint density at radius 2 is 2.00 bits per heavy atom. The van der Waals surface area contributed by atoms with Crippen LogP contribution in [-0.4, -0.2) is 44.5 Å². The number of hydrogen-bond acceptors (Lipinski definition) is 5. The lowest BCUT2D eigenvalue weighted by molar-refractivity contribution is 0.201. The molecule has 1 aliphatic heterocycles. The summed E-state index contributed by atoms with van der Waals surface area (Å²) >= 11 is 0.737. The van der Waals surface area contributed by atoms with Crippen molar-refractivity contribution in [3.05, 3.63) is 15.4 Å². The van der Waals surface area contributed by atoms with Crippen molar-refractivity contribution in [1.82, 2.24) is 14.6 Å². The second kappa shape index (κ2) is 7.04. The summed E-state index contributed by atoms with van der Waals surface area (Å²) in [6, 6.07) is 0. The zero-order valence-corrected chi connectivity index (χ0v) is 14.1. The fourth-order valence-electron chi connectivity index (χ4n) is 2.61. The molecule has 2 rings (SSSR count). The number of aromatic nitrogens is 1. The van der Waals surface area contributed by atoms with Gasteiger partial charge in [-0.3, -0.25) is 4.79 Å². The first kappa shape index (κ1) is 16.7. The molecule has 2 heterocycles. The number of sulfonamides is 1. The third-order valence-electron chi connectivity index (χ3n) is 3.67. The van der Waals surface area contributed by atoms with Crippen molar-refractivity contribution in [3.63, 3.8) is 0 Å². The van der Waals surface area contributed by atoms with E-state index in [0.717, 1.165) is 31.0 Å². The molecule has 1 atom stereocenters. The molecule has 0 aromatic carbocycles. The number of likely N-dealkylation sites (tertiary alicyclic amines) is 1. The fourth-order valence-corrected chi connectivity index (χ4v) is 5.12. The molecule has 0 amide bonds. The number of hydrogen-bond donors (Lipinski definition) is 2. The number of piperidine rings is 1. The zero-order chi connectivity index (χ0) is 15.5. The highest BCUT2D eigenvalue weighted by Crippen LogP contribution is 2.16. The molecule has 0 radical (unpaired) electrons. The SMILES string of the molecule is Cc1[nH]c(=O)sc1S(=O)(=O)NCC(C)CN1CCCCC1. The molecule has 1 aliphatic rings. The quantitative estimate of drug-likeness (QED) is 0.818. The molecule has 1 aromatic heterocycles. The molecule has 0 bridgehead atoms. The summed E-state index contributed by atoms with van der Waals surface area (Å²) in [5, 5.41) is 0. The molecular weight excluding hydrogens is 310 g/mol. The van der Waals surface area contributed by atoms with E-state index in [2.05, 4.69) is 14.6 Å². The number of rotatable bonds is 6. The van der Waals surface area contributed by atoms with Gasteiger partial charge in [-0.2, -0.15) is 0 Å². The predicted octanol–water partition coefficient (Wildman–Crippen LogP) is 1.15. The first-order valence-electron chi connectivity index (χ1n) is 7.30. The Labute approximate surface area is 129 Å². The van der Waals surface area contributed by atoms with E-state index in [4.69, 9.17) is 0 Å². The summed E-state index contributed by atoms with van der Waals surface area (Å²) in [6.07, 6.45) is 3.76. The van der Waals surface area contributed by atoms with Gasteiger partial charge in [0.15, 0.2) is 4.21 Å². The Kier molecular flexibility index (Phi) is 5.59. The first-order chi connectivity index (χ1) is 9.88. The number of nitrogens with zero attached hydrogens (tertiary/aromatic N) is 1. The second-order valence-electron chi connectivity index (χ2n) is 5.75. The minimum atomic E-state index is -3.59. The molecule has 0 saturated carbocycles. The van der Waals surface area contributed by atoms with Crippen molar-refractivity contribution in [2.75, 3.05) is 26.2 Å². The van der Waals surface area contributed by atoms with Crippen LogP contribution in [0.5, 0.6) is 0 Å². The minimum Gasteiger partial charge on any atom is -0.315 e. The zero-order valence-electron chi connectivity index (χ0n) is 12.5. The lowest BCUT2D eigenvalue weighted by Crippen LogP contribution is -2.38. The highest BCUT2D eigenvalue weighted by Gasteiger charge is 2.21. The van der Waals surface area contributed by atoms with E-state index in [-0.39, 0.29) is 15.0 Å². The molecular formula is C13H23N3O3S2. The summed E-state index contributed by atoms with van der Waals surface area (Å²) < 4.78 is 27.1. The average molecular weight is 333 g/mol. The molecule has 1 saturated heterocycles. The van der Waals surface area contributed by atoms with Gasteiger partial charge < -0.3 is 9.88 Å². The van der Waals surface area contributed by atoms with Crippen molar-refractivity contribution in [3.8, 4) is 0 Å². The van der Waals surface area contributed by atoms with Gasteiger partial charge in [0.2, 0.25) is 0 Å². The molecule has 120 valence electrons. The third-order valence-corrected chi connectivity index (χ3v) is 6.69. The van der Waals surface area contributed by atoms with Crippen molar-refractivity contribution in [1.29, 1.82) is 0 Å². The average Bonchev–Trinajstić information content (AvgIpc) is 2.78. The summed E-state index contributed by atoms with van der Waals surface area (Å²) in [6.45, 7) is 7.16. The highest BCUT2D eigenvalue weighted by atomic mass is 32.2. The van der Waals surface area contributed by atoms with Crippen LogP contribution in [-0.2, 0) is 10.0 Å². The Bertz CT molecular complexity index is 615. The molecule has 8 heteroatoms. The largest absolute Gasteiger partial charge is 0.315 e. The second-order valence-corrected chi connectivity index (χ2v) is 8.69. The van der Waals surface area contributed by atoms with Crippen molar-refractivity contribution >= 4 is 21.4 Å². The van der Waals surface area contributed by atoms with Crippen LogP contribution in [0.3, 0.4) is 0 Å². The van der Waals surface area contributed by atoms with Crippen LogP contribution >= 0.6 is 11.3 Å². The molecule has 0 aliphatic carbocycles. The van der Waals surface area contributed by atoms with Crippen molar-refractivity contribution < 1.29 is 8.42 Å². The van der Waals surface area contributed by atoms with Gasteiger partial charge in [-0.05, 0) is 38.8 Å². The van der Waals surface area contributed by atoms with E-state index >= 15 is 0 Å². The fraction of sp³-hybridized carbons (Fsp3) is 0.769. The van der Waals surface area contributed by atoms with Gasteiger partial charge in [-0.15, -0.1) is 0 Å². The van der Waals surface area contributed by atoms with Crippen LogP contribution in [0, 0.1) is 12.8 Å². The molecule has 2 N–H and O–H groups in total. The summed E-state index contributed by atoms with van der Waals surface area (Å²) in [5.74, 6) is 0.244. The molecule has 6 nitrogen and oxygen atoms in total. The standard InChI is InChI=1S/C13H23N3O3S2/c1-10(9-16-6-4-3-5-7-16)8-14-21(18,19)12-11(2)15-13(17)20-12/h10,14H,3-9H2,1-2H3,(H,15,17). The summed E-state index contributed by atoms with van der Waals surface area (Å²) in [4.78, 5) is 15.8. The van der Waals surface area contributed by atoms with E-state index in [1.165, 1.54) is 19.3 Å². The van der Waals surface area contributed by atoms with Gasteiger partial charge in [0.05, 0.1) is 0 Å². The van der Waals surface area contributed by atoms with E-state index in [0.29, 0.717) is 12.2 Å². The van der Waals surface area contributed by atoms with Crippen LogP contribution in [0.15, 0.2) is 9.00 Å². The summed E-state index contributed by atoms with van der Waals surface area (Å²) in [5.41, 5.74) is 0.404. The molecule has 1 fully saturated rings. The maximum absolute atomic E-state index is 12.2. The van der Waals surface area contributed by atoms with Gasteiger partial charge in [0, 0.05) is 18.8 Å². The molecule has 21 heavy (non-hydrogen) atoms. The molecule has 0 spiro atoms. The third kappa shape index (κ3) is 4.64. The van der Waals surface area contributed by atoms with E-state index < -0.39 is 10.0 Å². The number of thiazole rings is 1. The van der Waals surface area contributed by atoms with Gasteiger partial charge in [-0.1, -0.05) is 24.7 Å². The maximum Gasteiger partial charge on any atom is 0.305 e. The van der Waals surface area contributed by atoms with E-state index in [1.54, 1.807) is 6.92 Å². The van der Waals surface area contributed by atoms with Crippen molar-refractivity contribution in [2.24, 2.45) is 5.92 Å². The molecule has 1 aromatic rings. The van der Waals surface area contributed by atoms with E-state index in [1.807, 2.05) is 6.92 Å². The Morgan fingerprint density at radius 3 is 2.57 bits per heavy atom. The number of nitrogens with one attached hydrogen (secondary N) is 2.